The molecule has 0 aliphatic carbocycles. The molecule has 8 nitrogen and oxygen atoms in total. The quantitative estimate of drug-likeness (QED) is 0.699. The van der Waals surface area contributed by atoms with Crippen molar-refractivity contribution in [1.29, 1.82) is 0 Å². The van der Waals surface area contributed by atoms with Crippen LogP contribution in [-0.2, 0) is 0 Å². The molecule has 0 radical (unpaired) electrons. The number of benzene rings is 2. The number of tetrazole rings is 1. The molecule has 0 bridgehead atoms. The zero-order valence-corrected chi connectivity index (χ0v) is 15.1. The van der Waals surface area contributed by atoms with Crippen molar-refractivity contribution in [2.75, 3.05) is 11.9 Å². The van der Waals surface area contributed by atoms with E-state index in [0.717, 1.165) is 5.69 Å². The van der Waals surface area contributed by atoms with Gasteiger partial charge in [-0.2, -0.15) is 0 Å². The van der Waals surface area contributed by atoms with Gasteiger partial charge in [0.25, 0.3) is 11.8 Å². The third kappa shape index (κ3) is 4.55. The molecule has 0 unspecified atom stereocenters. The molecular weight excluding hydrogens is 344 g/mol. The molecule has 0 aliphatic rings. The van der Waals surface area contributed by atoms with Crippen LogP contribution < -0.4 is 10.6 Å². The molecule has 1 aromatic heterocycles. The van der Waals surface area contributed by atoms with Crippen LogP contribution in [0.1, 0.15) is 34.6 Å². The van der Waals surface area contributed by atoms with E-state index < -0.39 is 0 Å². The van der Waals surface area contributed by atoms with Crippen molar-refractivity contribution >= 4 is 17.5 Å². The fourth-order valence-electron chi connectivity index (χ4n) is 2.42. The summed E-state index contributed by atoms with van der Waals surface area (Å²) >= 11 is 0. The topological polar surface area (TPSA) is 102 Å². The normalized spacial score (nSPS) is 10.6. The van der Waals surface area contributed by atoms with Gasteiger partial charge in [-0.05, 0) is 52.7 Å². The standard InChI is InChI=1S/C19H20N6O2/c1-13(2)11-20-19(27)16-5-3-4-6-17(16)22-18(26)14-7-9-15(10-8-14)25-12-21-23-24-25/h3-10,12-13H,11H2,1-2H3,(H,20,27)(H,22,26). The van der Waals surface area contributed by atoms with Crippen molar-refractivity contribution in [3.63, 3.8) is 0 Å². The summed E-state index contributed by atoms with van der Waals surface area (Å²) in [6, 6.07) is 13.8. The van der Waals surface area contributed by atoms with Crippen molar-refractivity contribution < 1.29 is 9.59 Å². The third-order valence-electron chi connectivity index (χ3n) is 3.83. The summed E-state index contributed by atoms with van der Waals surface area (Å²) in [6.45, 7) is 4.61. The third-order valence-corrected chi connectivity index (χ3v) is 3.83. The summed E-state index contributed by atoms with van der Waals surface area (Å²) in [7, 11) is 0. The molecular formula is C19H20N6O2. The minimum Gasteiger partial charge on any atom is -0.352 e. The van der Waals surface area contributed by atoms with E-state index in [2.05, 4.69) is 26.2 Å². The lowest BCUT2D eigenvalue weighted by Gasteiger charge is -2.12. The Labute approximate surface area is 156 Å². The van der Waals surface area contributed by atoms with Crippen LogP contribution in [0.15, 0.2) is 54.9 Å². The SMILES string of the molecule is CC(C)CNC(=O)c1ccccc1NC(=O)c1ccc(-n2cnnn2)cc1. The monoisotopic (exact) mass is 364 g/mol. The molecule has 3 rings (SSSR count). The zero-order valence-electron chi connectivity index (χ0n) is 15.1. The average Bonchev–Trinajstić information content (AvgIpc) is 3.21. The van der Waals surface area contributed by atoms with Gasteiger partial charge < -0.3 is 10.6 Å². The lowest BCUT2D eigenvalue weighted by atomic mass is 10.1. The largest absolute Gasteiger partial charge is 0.352 e. The zero-order chi connectivity index (χ0) is 19.2. The molecule has 0 saturated heterocycles. The summed E-state index contributed by atoms with van der Waals surface area (Å²) in [5.74, 6) is -0.176. The molecule has 0 atom stereocenters. The van der Waals surface area contributed by atoms with Crippen LogP contribution in [0.4, 0.5) is 5.69 Å². The minimum atomic E-state index is -0.303. The van der Waals surface area contributed by atoms with E-state index in [1.54, 1.807) is 48.5 Å². The first-order chi connectivity index (χ1) is 13.0. The second kappa shape index (κ2) is 8.22. The van der Waals surface area contributed by atoms with Gasteiger partial charge in [0.05, 0.1) is 16.9 Å². The number of hydrogen-bond donors (Lipinski definition) is 2. The maximum atomic E-state index is 12.6. The lowest BCUT2D eigenvalue weighted by molar-refractivity contribution is 0.0950. The first kappa shape index (κ1) is 18.2. The number of hydrogen-bond acceptors (Lipinski definition) is 5. The number of carbonyl (C=O) groups excluding carboxylic acids is 2. The summed E-state index contributed by atoms with van der Waals surface area (Å²) in [5, 5.41) is 16.6. The van der Waals surface area contributed by atoms with E-state index in [-0.39, 0.29) is 11.8 Å². The van der Waals surface area contributed by atoms with E-state index in [1.807, 2.05) is 13.8 Å². The van der Waals surface area contributed by atoms with E-state index in [1.165, 1.54) is 11.0 Å². The molecule has 2 N–H and O–H groups in total. The number of rotatable bonds is 6. The van der Waals surface area contributed by atoms with Crippen LogP contribution in [-0.4, -0.2) is 38.6 Å². The molecule has 3 aromatic rings. The van der Waals surface area contributed by atoms with Crippen LogP contribution in [0.25, 0.3) is 5.69 Å². The second-order valence-corrected chi connectivity index (χ2v) is 6.40. The predicted molar refractivity (Wildman–Crippen MR) is 101 cm³/mol. The van der Waals surface area contributed by atoms with Gasteiger partial charge in [0, 0.05) is 12.1 Å². The van der Waals surface area contributed by atoms with Crippen LogP contribution >= 0.6 is 0 Å². The van der Waals surface area contributed by atoms with E-state index in [9.17, 15) is 9.59 Å². The predicted octanol–water partition coefficient (Wildman–Crippen LogP) is 2.30. The molecule has 138 valence electrons. The van der Waals surface area contributed by atoms with Crippen LogP contribution in [0.5, 0.6) is 0 Å². The first-order valence-electron chi connectivity index (χ1n) is 8.56. The lowest BCUT2D eigenvalue weighted by Crippen LogP contribution is -2.28. The Balaban J connectivity index is 1.73. The Morgan fingerprint density at radius 2 is 1.78 bits per heavy atom. The van der Waals surface area contributed by atoms with Crippen LogP contribution in [0.3, 0.4) is 0 Å². The number of nitrogens with one attached hydrogen (secondary N) is 2. The fraction of sp³-hybridized carbons (Fsp3) is 0.211. The van der Waals surface area contributed by atoms with Gasteiger partial charge in [0.1, 0.15) is 6.33 Å². The van der Waals surface area contributed by atoms with Gasteiger partial charge in [-0.25, -0.2) is 4.68 Å². The highest BCUT2D eigenvalue weighted by molar-refractivity contribution is 6.09. The number of aromatic nitrogens is 4. The minimum absolute atomic E-state index is 0.214. The van der Waals surface area contributed by atoms with Crippen molar-refractivity contribution in [1.82, 2.24) is 25.5 Å². The van der Waals surface area contributed by atoms with Gasteiger partial charge in [0.15, 0.2) is 0 Å². The maximum Gasteiger partial charge on any atom is 0.255 e. The van der Waals surface area contributed by atoms with Crippen LogP contribution in [0.2, 0.25) is 0 Å². The molecule has 27 heavy (non-hydrogen) atoms. The number of amides is 2. The van der Waals surface area contributed by atoms with Gasteiger partial charge >= 0.3 is 0 Å². The van der Waals surface area contributed by atoms with Crippen LogP contribution in [0, 0.1) is 5.92 Å². The summed E-state index contributed by atoms with van der Waals surface area (Å²) < 4.78 is 1.50. The Bertz CT molecular complexity index is 920. The van der Waals surface area contributed by atoms with Crippen molar-refractivity contribution in [3.8, 4) is 5.69 Å². The number of anilines is 1. The van der Waals surface area contributed by atoms with E-state index >= 15 is 0 Å². The van der Waals surface area contributed by atoms with E-state index in [0.29, 0.717) is 29.3 Å². The Hall–Kier alpha value is -3.55. The molecule has 8 heteroatoms. The molecule has 0 saturated carbocycles. The molecule has 0 fully saturated rings. The Morgan fingerprint density at radius 1 is 1.04 bits per heavy atom. The molecule has 2 aromatic carbocycles. The molecule has 0 aliphatic heterocycles. The fourth-order valence-corrected chi connectivity index (χ4v) is 2.42. The highest BCUT2D eigenvalue weighted by Crippen LogP contribution is 2.17. The van der Waals surface area contributed by atoms with Gasteiger partial charge in [-0.15, -0.1) is 5.10 Å². The second-order valence-electron chi connectivity index (χ2n) is 6.40. The van der Waals surface area contributed by atoms with E-state index in [4.69, 9.17) is 0 Å². The summed E-state index contributed by atoms with van der Waals surface area (Å²) in [4.78, 5) is 24.9. The number of carbonyl (C=O) groups is 2. The average molecular weight is 364 g/mol. The van der Waals surface area contributed by atoms with Crippen molar-refractivity contribution in [2.24, 2.45) is 5.92 Å². The van der Waals surface area contributed by atoms with Crippen molar-refractivity contribution in [2.45, 2.75) is 13.8 Å². The Kier molecular flexibility index (Phi) is 5.55. The molecule has 2 amide bonds. The Morgan fingerprint density at radius 3 is 2.44 bits per heavy atom. The highest BCUT2D eigenvalue weighted by Gasteiger charge is 2.14. The maximum absolute atomic E-state index is 12.6. The number of para-hydroxylation sites is 1. The first-order valence-corrected chi connectivity index (χ1v) is 8.56. The summed E-state index contributed by atoms with van der Waals surface area (Å²) in [6.07, 6.45) is 1.47. The van der Waals surface area contributed by atoms with Crippen molar-refractivity contribution in [3.05, 3.63) is 66.0 Å². The van der Waals surface area contributed by atoms with Gasteiger partial charge in [-0.1, -0.05) is 26.0 Å². The van der Waals surface area contributed by atoms with Gasteiger partial charge in [0.2, 0.25) is 0 Å². The number of nitrogens with zero attached hydrogens (tertiary/aromatic N) is 4. The van der Waals surface area contributed by atoms with Gasteiger partial charge in [-0.3, -0.25) is 9.59 Å². The smallest absolute Gasteiger partial charge is 0.255 e. The molecule has 1 heterocycles. The highest BCUT2D eigenvalue weighted by atomic mass is 16.2. The molecule has 0 spiro atoms. The summed E-state index contributed by atoms with van der Waals surface area (Å²) in [5.41, 5.74) is 2.10.